The van der Waals surface area contributed by atoms with Gasteiger partial charge in [0.05, 0.1) is 11.4 Å². The Morgan fingerprint density at radius 1 is 1.26 bits per heavy atom. The van der Waals surface area contributed by atoms with Crippen LogP contribution in [0.2, 0.25) is 0 Å². The fourth-order valence-electron chi connectivity index (χ4n) is 3.96. The van der Waals surface area contributed by atoms with Crippen LogP contribution in [0.3, 0.4) is 0 Å². The Hall–Kier alpha value is -1.91. The summed E-state index contributed by atoms with van der Waals surface area (Å²) in [5.41, 5.74) is 2.46. The van der Waals surface area contributed by atoms with Crippen molar-refractivity contribution in [3.8, 4) is 0 Å². The van der Waals surface area contributed by atoms with Gasteiger partial charge in [0.2, 0.25) is 0 Å². The van der Waals surface area contributed by atoms with Crippen molar-refractivity contribution in [3.63, 3.8) is 0 Å². The largest absolute Gasteiger partial charge is 0.387 e. The number of fused-ring (bicyclic) bond motifs is 2. The van der Waals surface area contributed by atoms with Gasteiger partial charge in [0.15, 0.2) is 6.23 Å². The molecule has 2 aliphatic rings. The molecule has 1 saturated heterocycles. The van der Waals surface area contributed by atoms with Crippen LogP contribution >= 0.6 is 11.3 Å². The molecule has 1 fully saturated rings. The first-order valence-corrected chi connectivity index (χ1v) is 9.82. The first-order valence-electron chi connectivity index (χ1n) is 9.01. The smallest absolute Gasteiger partial charge is 0.164 e. The molecule has 0 aromatic carbocycles. The second-order valence-corrected chi connectivity index (χ2v) is 8.23. The van der Waals surface area contributed by atoms with Crippen LogP contribution in [-0.4, -0.2) is 53.2 Å². The lowest BCUT2D eigenvalue weighted by Gasteiger charge is -2.19. The van der Waals surface area contributed by atoms with E-state index in [4.69, 9.17) is 4.74 Å². The Labute approximate surface area is 159 Å². The number of ether oxygens (including phenoxy) is 1. The minimum Gasteiger partial charge on any atom is -0.387 e. The number of thiazole rings is 1. The maximum absolute atomic E-state index is 10.8. The molecule has 5 atom stereocenters. The lowest BCUT2D eigenvalue weighted by molar-refractivity contribution is -0.0848. The molecule has 0 spiro atoms. The highest BCUT2D eigenvalue weighted by atomic mass is 32.1. The van der Waals surface area contributed by atoms with Crippen LogP contribution in [0.25, 0.3) is 11.0 Å². The molecule has 0 amide bonds. The fraction of sp³-hybridized carbons (Fsp3) is 0.500. The second-order valence-electron chi connectivity index (χ2n) is 7.11. The van der Waals surface area contributed by atoms with Crippen LogP contribution in [0.1, 0.15) is 40.0 Å². The van der Waals surface area contributed by atoms with Gasteiger partial charge in [-0.1, -0.05) is 0 Å². The number of hydrogen-bond acceptors (Lipinski definition) is 8. The zero-order chi connectivity index (χ0) is 18.7. The zero-order valence-electron chi connectivity index (χ0n) is 14.7. The number of aliphatic hydroxyl groups is 3. The topological polar surface area (TPSA) is 114 Å². The molecule has 4 heterocycles. The molecule has 8 nitrogen and oxygen atoms in total. The first kappa shape index (κ1) is 17.2. The molecule has 27 heavy (non-hydrogen) atoms. The molecule has 142 valence electrons. The van der Waals surface area contributed by atoms with Gasteiger partial charge in [-0.15, -0.1) is 11.3 Å². The van der Waals surface area contributed by atoms with Crippen molar-refractivity contribution in [2.75, 3.05) is 0 Å². The molecule has 1 aliphatic carbocycles. The fourth-order valence-corrected chi connectivity index (χ4v) is 5.13. The molecule has 0 saturated carbocycles. The quantitative estimate of drug-likeness (QED) is 0.614. The summed E-state index contributed by atoms with van der Waals surface area (Å²) in [5, 5.41) is 33.2. The van der Waals surface area contributed by atoms with E-state index < -0.39 is 30.6 Å². The summed E-state index contributed by atoms with van der Waals surface area (Å²) in [6.45, 7) is 1.88. The molecule has 3 N–H and O–H groups in total. The third kappa shape index (κ3) is 2.61. The molecule has 3 aromatic heterocycles. The predicted octanol–water partition coefficient (Wildman–Crippen LogP) is 1.04. The van der Waals surface area contributed by atoms with Crippen molar-refractivity contribution in [1.29, 1.82) is 0 Å². The van der Waals surface area contributed by atoms with Crippen LogP contribution in [0.5, 0.6) is 0 Å². The van der Waals surface area contributed by atoms with Crippen molar-refractivity contribution in [2.24, 2.45) is 0 Å². The maximum Gasteiger partial charge on any atom is 0.164 e. The Morgan fingerprint density at radius 2 is 2.11 bits per heavy atom. The van der Waals surface area contributed by atoms with E-state index >= 15 is 0 Å². The zero-order valence-corrected chi connectivity index (χ0v) is 15.5. The minimum atomic E-state index is -1.23. The summed E-state index contributed by atoms with van der Waals surface area (Å²) < 4.78 is 7.59. The molecular weight excluding hydrogens is 368 g/mol. The van der Waals surface area contributed by atoms with Crippen LogP contribution in [0, 0.1) is 6.92 Å². The second kappa shape index (κ2) is 6.32. The van der Waals surface area contributed by atoms with Crippen molar-refractivity contribution in [3.05, 3.63) is 39.9 Å². The van der Waals surface area contributed by atoms with Gasteiger partial charge in [-0.2, -0.15) is 0 Å². The van der Waals surface area contributed by atoms with Gasteiger partial charge in [-0.05, 0) is 32.3 Å². The van der Waals surface area contributed by atoms with E-state index in [1.54, 1.807) is 10.8 Å². The van der Waals surface area contributed by atoms with Gasteiger partial charge < -0.3 is 24.6 Å². The van der Waals surface area contributed by atoms with E-state index in [1.165, 1.54) is 22.5 Å². The van der Waals surface area contributed by atoms with Crippen molar-refractivity contribution >= 4 is 22.4 Å². The number of aromatic nitrogens is 4. The highest BCUT2D eigenvalue weighted by molar-refractivity contribution is 7.11. The van der Waals surface area contributed by atoms with Crippen LogP contribution in [-0.2, 0) is 17.6 Å². The van der Waals surface area contributed by atoms with Gasteiger partial charge >= 0.3 is 0 Å². The monoisotopic (exact) mass is 388 g/mol. The average molecular weight is 388 g/mol. The van der Waals surface area contributed by atoms with Crippen LogP contribution in [0.15, 0.2) is 18.6 Å². The number of hydrogen-bond donors (Lipinski definition) is 3. The van der Waals surface area contributed by atoms with E-state index in [2.05, 4.69) is 15.0 Å². The molecule has 9 heteroatoms. The number of rotatable bonds is 3. The molecule has 0 unspecified atom stereocenters. The molecule has 3 aromatic rings. The van der Waals surface area contributed by atoms with Gasteiger partial charge in [0.25, 0.3) is 0 Å². The Bertz CT molecular complexity index is 981. The number of aryl methyl sites for hydroxylation is 3. The lowest BCUT2D eigenvalue weighted by Crippen LogP contribution is -2.34. The highest BCUT2D eigenvalue weighted by Gasteiger charge is 2.48. The van der Waals surface area contributed by atoms with Gasteiger partial charge in [0.1, 0.15) is 41.4 Å². The van der Waals surface area contributed by atoms with E-state index in [-0.39, 0.29) is 0 Å². The van der Waals surface area contributed by atoms with Crippen LogP contribution in [0.4, 0.5) is 0 Å². The van der Waals surface area contributed by atoms with E-state index in [0.29, 0.717) is 10.7 Å². The summed E-state index contributed by atoms with van der Waals surface area (Å²) in [6.07, 6.45) is 0.875. The SMILES string of the molecule is Cc1ncnc2c1ccn2[C@@H]1O[C@H]([C@H](O)c2nc3c(s2)CCC3)[C@@H](O)[C@H]1O. The molecule has 0 bridgehead atoms. The van der Waals surface area contributed by atoms with Gasteiger partial charge in [0, 0.05) is 16.5 Å². The molecule has 1 aliphatic heterocycles. The summed E-state index contributed by atoms with van der Waals surface area (Å²) in [4.78, 5) is 14.1. The van der Waals surface area contributed by atoms with Crippen molar-refractivity contribution in [1.82, 2.24) is 19.5 Å². The van der Waals surface area contributed by atoms with Gasteiger partial charge in [-0.25, -0.2) is 15.0 Å². The number of aliphatic hydroxyl groups excluding tert-OH is 3. The summed E-state index contributed by atoms with van der Waals surface area (Å²) >= 11 is 1.46. The van der Waals surface area contributed by atoms with Crippen LogP contribution < -0.4 is 0 Å². The molecule has 5 rings (SSSR count). The lowest BCUT2D eigenvalue weighted by atomic mass is 10.1. The Morgan fingerprint density at radius 3 is 2.93 bits per heavy atom. The third-order valence-corrected chi connectivity index (χ3v) is 6.66. The van der Waals surface area contributed by atoms with E-state index in [0.717, 1.165) is 36.0 Å². The highest BCUT2D eigenvalue weighted by Crippen LogP contribution is 2.40. The molecule has 0 radical (unpaired) electrons. The summed E-state index contributed by atoms with van der Waals surface area (Å²) in [7, 11) is 0. The van der Waals surface area contributed by atoms with Gasteiger partial charge in [-0.3, -0.25) is 0 Å². The Kier molecular flexibility index (Phi) is 4.03. The molecular formula is C18H20N4O4S. The average Bonchev–Trinajstić information content (AvgIpc) is 3.39. The maximum atomic E-state index is 10.8. The van der Waals surface area contributed by atoms with Crippen molar-refractivity contribution < 1.29 is 20.1 Å². The van der Waals surface area contributed by atoms with E-state index in [1.807, 2.05) is 13.0 Å². The minimum absolute atomic E-state index is 0.534. The predicted molar refractivity (Wildman–Crippen MR) is 97.3 cm³/mol. The van der Waals surface area contributed by atoms with Crippen molar-refractivity contribution in [2.45, 2.75) is 56.8 Å². The third-order valence-electron chi connectivity index (χ3n) is 5.43. The standard InChI is InChI=1S/C18H20N4O4S/c1-8-9-5-6-22(16(9)20-7-19-8)18-13(24)12(23)15(26-18)14(25)17-21-10-3-2-4-11(10)27-17/h5-7,12-15,18,23-25H,2-4H2,1H3/t12-,13+,14-,15-,18+/m0/s1. The Balaban J connectivity index is 1.45. The number of nitrogens with zero attached hydrogens (tertiary/aromatic N) is 4. The normalized spacial score (nSPS) is 28.7. The summed E-state index contributed by atoms with van der Waals surface area (Å²) in [5.74, 6) is 0. The first-order chi connectivity index (χ1) is 13.0. The summed E-state index contributed by atoms with van der Waals surface area (Å²) in [6, 6.07) is 1.85. The van der Waals surface area contributed by atoms with E-state index in [9.17, 15) is 15.3 Å².